The molecule has 0 saturated carbocycles. The van der Waals surface area contributed by atoms with Crippen molar-refractivity contribution in [1.29, 1.82) is 0 Å². The third-order valence-corrected chi connectivity index (χ3v) is 7.19. The highest BCUT2D eigenvalue weighted by atomic mass is 32.2. The highest BCUT2D eigenvalue weighted by Crippen LogP contribution is 2.25. The largest absolute Gasteiger partial charge is 0.340 e. The fraction of sp³-hybridized carbons (Fsp3) is 0.632. The average Bonchev–Trinajstić information content (AvgIpc) is 2.58. The van der Waals surface area contributed by atoms with E-state index in [1.807, 2.05) is 45.6 Å². The summed E-state index contributed by atoms with van der Waals surface area (Å²) in [5.74, 6) is 0.0177. The van der Waals surface area contributed by atoms with Crippen molar-refractivity contribution in [2.75, 3.05) is 32.7 Å². The Bertz CT molecular complexity index is 754. The number of rotatable bonds is 6. The molecule has 1 heterocycles. The van der Waals surface area contributed by atoms with Crippen molar-refractivity contribution in [1.82, 2.24) is 14.5 Å². The maximum absolute atomic E-state index is 13.2. The van der Waals surface area contributed by atoms with Crippen LogP contribution in [0.15, 0.2) is 17.0 Å². The van der Waals surface area contributed by atoms with Crippen molar-refractivity contribution in [3.8, 4) is 0 Å². The third kappa shape index (κ3) is 4.64. The van der Waals surface area contributed by atoms with E-state index in [0.717, 1.165) is 29.8 Å². The molecular weight excluding hydrogens is 350 g/mol. The molecule has 26 heavy (non-hydrogen) atoms. The number of hydrogen-bond donors (Lipinski definition) is 1. The van der Waals surface area contributed by atoms with Gasteiger partial charge in [-0.25, -0.2) is 8.42 Å². The molecule has 7 heteroatoms. The van der Waals surface area contributed by atoms with Gasteiger partial charge in [-0.2, -0.15) is 4.31 Å². The fourth-order valence-electron chi connectivity index (χ4n) is 3.27. The monoisotopic (exact) mass is 381 g/mol. The molecule has 1 N–H and O–H groups in total. The van der Waals surface area contributed by atoms with Crippen LogP contribution in [0.2, 0.25) is 0 Å². The summed E-state index contributed by atoms with van der Waals surface area (Å²) in [5, 5.41) is 3.21. The Kier molecular flexibility index (Phi) is 6.82. The van der Waals surface area contributed by atoms with Crippen LogP contribution in [0.5, 0.6) is 0 Å². The van der Waals surface area contributed by atoms with Gasteiger partial charge in [0, 0.05) is 45.2 Å². The van der Waals surface area contributed by atoms with Gasteiger partial charge in [-0.15, -0.1) is 0 Å². The van der Waals surface area contributed by atoms with Crippen LogP contribution in [0.1, 0.15) is 37.0 Å². The van der Waals surface area contributed by atoms with Crippen LogP contribution in [0.25, 0.3) is 0 Å². The van der Waals surface area contributed by atoms with E-state index in [2.05, 4.69) is 5.32 Å². The summed E-state index contributed by atoms with van der Waals surface area (Å²) < 4.78 is 27.9. The van der Waals surface area contributed by atoms with Crippen LogP contribution in [-0.4, -0.2) is 62.3 Å². The molecule has 1 fully saturated rings. The molecule has 0 spiro atoms. The standard InChI is InChI=1S/C19H31N3O3S/c1-14(2)22(9-6-19(23)21-10-7-20-8-11-21)26(24,25)18-13-16(4)15(3)12-17(18)5/h12-14,20H,6-11H2,1-5H3. The molecule has 1 amide bonds. The van der Waals surface area contributed by atoms with E-state index in [4.69, 9.17) is 0 Å². The van der Waals surface area contributed by atoms with E-state index in [1.54, 1.807) is 6.07 Å². The topological polar surface area (TPSA) is 69.7 Å². The lowest BCUT2D eigenvalue weighted by Gasteiger charge is -2.30. The lowest BCUT2D eigenvalue weighted by molar-refractivity contribution is -0.131. The number of nitrogens with one attached hydrogen (secondary N) is 1. The predicted molar refractivity (Wildman–Crippen MR) is 104 cm³/mol. The van der Waals surface area contributed by atoms with E-state index in [-0.39, 0.29) is 24.9 Å². The van der Waals surface area contributed by atoms with Crippen LogP contribution in [0.3, 0.4) is 0 Å². The zero-order chi connectivity index (χ0) is 19.5. The Hall–Kier alpha value is -1.44. The van der Waals surface area contributed by atoms with E-state index in [9.17, 15) is 13.2 Å². The van der Waals surface area contributed by atoms with E-state index < -0.39 is 10.0 Å². The molecule has 0 radical (unpaired) electrons. The Balaban J connectivity index is 2.20. The maximum atomic E-state index is 13.2. The third-order valence-electron chi connectivity index (χ3n) is 4.97. The summed E-state index contributed by atoms with van der Waals surface area (Å²) in [6.07, 6.45) is 0.210. The molecule has 0 atom stereocenters. The minimum absolute atomic E-state index is 0.0177. The number of amides is 1. The lowest BCUT2D eigenvalue weighted by atomic mass is 10.1. The Morgan fingerprint density at radius 3 is 2.27 bits per heavy atom. The number of carbonyl (C=O) groups excluding carboxylic acids is 1. The SMILES string of the molecule is Cc1cc(C)c(S(=O)(=O)N(CCC(=O)N2CCNCC2)C(C)C)cc1C. The Morgan fingerprint density at radius 1 is 1.12 bits per heavy atom. The molecule has 0 bridgehead atoms. The molecule has 1 aliphatic heterocycles. The van der Waals surface area contributed by atoms with Gasteiger partial charge >= 0.3 is 0 Å². The van der Waals surface area contributed by atoms with Crippen molar-refractivity contribution in [2.45, 2.75) is 52.0 Å². The Morgan fingerprint density at radius 2 is 1.69 bits per heavy atom. The average molecular weight is 382 g/mol. The maximum Gasteiger partial charge on any atom is 0.243 e. The van der Waals surface area contributed by atoms with Gasteiger partial charge in [-0.3, -0.25) is 4.79 Å². The summed E-state index contributed by atoms with van der Waals surface area (Å²) in [6.45, 7) is 12.6. The second-order valence-electron chi connectivity index (χ2n) is 7.29. The second kappa shape index (κ2) is 8.50. The van der Waals surface area contributed by atoms with Crippen LogP contribution >= 0.6 is 0 Å². The summed E-state index contributed by atoms with van der Waals surface area (Å²) in [4.78, 5) is 14.6. The molecular formula is C19H31N3O3S. The number of hydrogen-bond acceptors (Lipinski definition) is 4. The van der Waals surface area contributed by atoms with Crippen molar-refractivity contribution in [3.05, 3.63) is 28.8 Å². The molecule has 0 unspecified atom stereocenters. The first kappa shape index (κ1) is 20.9. The van der Waals surface area contributed by atoms with Gasteiger partial charge in [0.05, 0.1) is 4.90 Å². The van der Waals surface area contributed by atoms with Crippen molar-refractivity contribution in [2.24, 2.45) is 0 Å². The predicted octanol–water partition coefficient (Wildman–Crippen LogP) is 1.83. The van der Waals surface area contributed by atoms with Crippen LogP contribution in [0, 0.1) is 20.8 Å². The normalized spacial score (nSPS) is 15.7. The van der Waals surface area contributed by atoms with Crippen LogP contribution in [-0.2, 0) is 14.8 Å². The molecule has 1 aromatic rings. The first-order valence-corrected chi connectivity index (χ1v) is 10.7. The molecule has 2 rings (SSSR count). The van der Waals surface area contributed by atoms with Gasteiger partial charge < -0.3 is 10.2 Å². The van der Waals surface area contributed by atoms with Crippen molar-refractivity contribution >= 4 is 15.9 Å². The molecule has 1 aromatic carbocycles. The minimum Gasteiger partial charge on any atom is -0.340 e. The molecule has 0 aliphatic carbocycles. The lowest BCUT2D eigenvalue weighted by Crippen LogP contribution is -2.47. The molecule has 6 nitrogen and oxygen atoms in total. The van der Waals surface area contributed by atoms with Gasteiger partial charge in [0.25, 0.3) is 0 Å². The molecule has 146 valence electrons. The minimum atomic E-state index is -3.65. The summed E-state index contributed by atoms with van der Waals surface area (Å²) in [7, 11) is -3.65. The number of aryl methyl sites for hydroxylation is 3. The smallest absolute Gasteiger partial charge is 0.243 e. The summed E-state index contributed by atoms with van der Waals surface area (Å²) >= 11 is 0. The fourth-order valence-corrected chi connectivity index (χ4v) is 5.20. The summed E-state index contributed by atoms with van der Waals surface area (Å²) in [6, 6.07) is 3.44. The first-order chi connectivity index (χ1) is 12.1. The van der Waals surface area contributed by atoms with Crippen molar-refractivity contribution < 1.29 is 13.2 Å². The van der Waals surface area contributed by atoms with Gasteiger partial charge in [0.2, 0.25) is 15.9 Å². The molecule has 0 aromatic heterocycles. The number of carbonyl (C=O) groups is 1. The van der Waals surface area contributed by atoms with E-state index in [1.165, 1.54) is 4.31 Å². The highest BCUT2D eigenvalue weighted by molar-refractivity contribution is 7.89. The number of benzene rings is 1. The van der Waals surface area contributed by atoms with Crippen LogP contribution in [0.4, 0.5) is 0 Å². The second-order valence-corrected chi connectivity index (χ2v) is 9.15. The van der Waals surface area contributed by atoms with E-state index >= 15 is 0 Å². The summed E-state index contributed by atoms with van der Waals surface area (Å²) in [5.41, 5.74) is 2.77. The van der Waals surface area contributed by atoms with E-state index in [0.29, 0.717) is 18.0 Å². The number of nitrogens with zero attached hydrogens (tertiary/aromatic N) is 2. The zero-order valence-electron chi connectivity index (χ0n) is 16.5. The first-order valence-electron chi connectivity index (χ1n) is 9.22. The van der Waals surface area contributed by atoms with Gasteiger partial charge in [-0.05, 0) is 57.4 Å². The molecule has 1 saturated heterocycles. The highest BCUT2D eigenvalue weighted by Gasteiger charge is 2.30. The zero-order valence-corrected chi connectivity index (χ0v) is 17.3. The Labute approximate surface area is 157 Å². The van der Waals surface area contributed by atoms with Gasteiger partial charge in [0.1, 0.15) is 0 Å². The number of sulfonamides is 1. The van der Waals surface area contributed by atoms with Crippen LogP contribution < -0.4 is 5.32 Å². The van der Waals surface area contributed by atoms with Crippen molar-refractivity contribution in [3.63, 3.8) is 0 Å². The van der Waals surface area contributed by atoms with Gasteiger partial charge in [-0.1, -0.05) is 6.07 Å². The van der Waals surface area contributed by atoms with Gasteiger partial charge in [0.15, 0.2) is 0 Å². The quantitative estimate of drug-likeness (QED) is 0.816. The molecule has 1 aliphatic rings. The number of piperazine rings is 1.